The molecule has 0 saturated carbocycles. The number of methoxy groups -OCH3 is 1. The van der Waals surface area contributed by atoms with Gasteiger partial charge in [0, 0.05) is 25.2 Å². The van der Waals surface area contributed by atoms with Crippen LogP contribution in [0.25, 0.3) is 0 Å². The van der Waals surface area contributed by atoms with Gasteiger partial charge in [-0.15, -0.1) is 0 Å². The number of likely N-dealkylation sites (tertiary alicyclic amines) is 1. The highest BCUT2D eigenvalue weighted by Crippen LogP contribution is 2.36. The first-order chi connectivity index (χ1) is 9.71. The van der Waals surface area contributed by atoms with Gasteiger partial charge >= 0.3 is 0 Å². The van der Waals surface area contributed by atoms with Crippen molar-refractivity contribution in [1.29, 1.82) is 0 Å². The van der Waals surface area contributed by atoms with Gasteiger partial charge in [0.2, 0.25) is 0 Å². The largest absolute Gasteiger partial charge is 0.497 e. The van der Waals surface area contributed by atoms with Gasteiger partial charge in [-0.05, 0) is 56.0 Å². The van der Waals surface area contributed by atoms with Crippen molar-refractivity contribution in [1.82, 2.24) is 10.2 Å². The maximum Gasteiger partial charge on any atom is 0.127 e. The number of piperidine rings is 1. The molecular weight excluding hydrogens is 255 g/mol. The van der Waals surface area contributed by atoms with Crippen LogP contribution in [0.1, 0.15) is 24.8 Å². The fourth-order valence-electron chi connectivity index (χ4n) is 3.63. The third kappa shape index (κ3) is 2.81. The van der Waals surface area contributed by atoms with Gasteiger partial charge in [0.25, 0.3) is 0 Å². The van der Waals surface area contributed by atoms with Gasteiger partial charge in [-0.3, -0.25) is 4.90 Å². The predicted molar refractivity (Wildman–Crippen MR) is 77.4 cm³/mol. The molecule has 1 aromatic carbocycles. The highest BCUT2D eigenvalue weighted by atomic mass is 19.1. The zero-order chi connectivity index (χ0) is 14.0. The second kappa shape index (κ2) is 5.70. The first-order valence-electron chi connectivity index (χ1n) is 7.46. The van der Waals surface area contributed by atoms with Gasteiger partial charge < -0.3 is 10.1 Å². The molecule has 2 aliphatic heterocycles. The molecule has 1 spiro atoms. The molecule has 2 saturated heterocycles. The zero-order valence-corrected chi connectivity index (χ0v) is 12.1. The van der Waals surface area contributed by atoms with Crippen molar-refractivity contribution in [2.24, 2.45) is 5.41 Å². The maximum absolute atomic E-state index is 13.9. The van der Waals surface area contributed by atoms with Gasteiger partial charge in [-0.1, -0.05) is 0 Å². The lowest BCUT2D eigenvalue weighted by Crippen LogP contribution is -2.44. The average molecular weight is 278 g/mol. The van der Waals surface area contributed by atoms with Crippen LogP contribution in [0.15, 0.2) is 18.2 Å². The third-order valence-electron chi connectivity index (χ3n) is 4.72. The van der Waals surface area contributed by atoms with Crippen LogP contribution in [-0.2, 0) is 6.54 Å². The zero-order valence-electron chi connectivity index (χ0n) is 12.1. The summed E-state index contributed by atoms with van der Waals surface area (Å²) in [7, 11) is 1.62. The van der Waals surface area contributed by atoms with Crippen LogP contribution in [0.2, 0.25) is 0 Å². The van der Waals surface area contributed by atoms with Gasteiger partial charge in [-0.2, -0.15) is 0 Å². The molecule has 3 rings (SSSR count). The molecule has 2 fully saturated rings. The van der Waals surface area contributed by atoms with Crippen molar-refractivity contribution in [3.8, 4) is 5.75 Å². The van der Waals surface area contributed by atoms with E-state index in [1.54, 1.807) is 13.2 Å². The molecule has 20 heavy (non-hydrogen) atoms. The minimum atomic E-state index is -0.130. The second-order valence-corrected chi connectivity index (χ2v) is 6.20. The molecule has 2 heterocycles. The van der Waals surface area contributed by atoms with E-state index in [9.17, 15) is 4.39 Å². The van der Waals surface area contributed by atoms with Crippen molar-refractivity contribution in [2.75, 3.05) is 33.3 Å². The third-order valence-corrected chi connectivity index (χ3v) is 4.72. The van der Waals surface area contributed by atoms with Crippen molar-refractivity contribution in [2.45, 2.75) is 25.8 Å². The van der Waals surface area contributed by atoms with E-state index in [0.717, 1.165) is 37.5 Å². The quantitative estimate of drug-likeness (QED) is 0.919. The Bertz CT molecular complexity index is 472. The van der Waals surface area contributed by atoms with E-state index in [1.165, 1.54) is 25.3 Å². The summed E-state index contributed by atoms with van der Waals surface area (Å²) in [6, 6.07) is 5.01. The van der Waals surface area contributed by atoms with E-state index in [4.69, 9.17) is 4.74 Å². The fraction of sp³-hybridized carbons (Fsp3) is 0.625. The SMILES string of the molecule is COc1ccc(F)c(CN2CCCC3(CCNC3)C2)c1. The van der Waals surface area contributed by atoms with E-state index in [0.29, 0.717) is 12.0 Å². The summed E-state index contributed by atoms with van der Waals surface area (Å²) in [5, 5.41) is 3.48. The Balaban J connectivity index is 1.71. The van der Waals surface area contributed by atoms with Crippen LogP contribution in [0.5, 0.6) is 5.75 Å². The highest BCUT2D eigenvalue weighted by Gasteiger charge is 2.37. The summed E-state index contributed by atoms with van der Waals surface area (Å²) in [4.78, 5) is 2.40. The molecule has 0 amide bonds. The van der Waals surface area contributed by atoms with Crippen LogP contribution in [0.3, 0.4) is 0 Å². The van der Waals surface area contributed by atoms with Gasteiger partial charge in [-0.25, -0.2) is 4.39 Å². The summed E-state index contributed by atoms with van der Waals surface area (Å²) < 4.78 is 19.1. The van der Waals surface area contributed by atoms with Crippen molar-refractivity contribution in [3.63, 3.8) is 0 Å². The lowest BCUT2D eigenvalue weighted by atomic mass is 9.79. The van der Waals surface area contributed by atoms with E-state index in [2.05, 4.69) is 10.2 Å². The van der Waals surface area contributed by atoms with Crippen LogP contribution >= 0.6 is 0 Å². The van der Waals surface area contributed by atoms with Gasteiger partial charge in [0.1, 0.15) is 11.6 Å². The number of halogens is 1. The van der Waals surface area contributed by atoms with Crippen molar-refractivity contribution >= 4 is 0 Å². The highest BCUT2D eigenvalue weighted by molar-refractivity contribution is 5.29. The smallest absolute Gasteiger partial charge is 0.127 e. The predicted octanol–water partition coefficient (Wildman–Crippen LogP) is 2.41. The molecule has 0 bridgehead atoms. The number of benzene rings is 1. The standard InChI is InChI=1S/C16H23FN2O/c1-20-14-3-4-15(17)13(9-14)10-19-8-2-5-16(12-19)6-7-18-11-16/h3-4,9,18H,2,5-8,10-12H2,1H3. The second-order valence-electron chi connectivity index (χ2n) is 6.20. The molecular formula is C16H23FN2O. The van der Waals surface area contributed by atoms with Crippen molar-refractivity contribution in [3.05, 3.63) is 29.6 Å². The number of hydrogen-bond acceptors (Lipinski definition) is 3. The summed E-state index contributed by atoms with van der Waals surface area (Å²) in [5.74, 6) is 0.602. The summed E-state index contributed by atoms with van der Waals surface area (Å²) in [6.07, 6.45) is 3.77. The molecule has 0 aromatic heterocycles. The summed E-state index contributed by atoms with van der Waals surface area (Å²) in [6.45, 7) is 5.07. The number of rotatable bonds is 3. The molecule has 3 nitrogen and oxygen atoms in total. The number of nitrogens with one attached hydrogen (secondary N) is 1. The van der Waals surface area contributed by atoms with Crippen LogP contribution in [0, 0.1) is 11.2 Å². The topological polar surface area (TPSA) is 24.5 Å². The molecule has 1 atom stereocenters. The van der Waals surface area contributed by atoms with Gasteiger partial charge in [0.15, 0.2) is 0 Å². The maximum atomic E-state index is 13.9. The molecule has 1 aromatic rings. The van der Waals surface area contributed by atoms with Gasteiger partial charge in [0.05, 0.1) is 7.11 Å². The Morgan fingerprint density at radius 2 is 2.30 bits per heavy atom. The Morgan fingerprint density at radius 3 is 3.05 bits per heavy atom. The van der Waals surface area contributed by atoms with E-state index < -0.39 is 0 Å². The summed E-state index contributed by atoms with van der Waals surface area (Å²) in [5.41, 5.74) is 1.17. The van der Waals surface area contributed by atoms with E-state index in [-0.39, 0.29) is 5.82 Å². The Labute approximate surface area is 120 Å². The van der Waals surface area contributed by atoms with Crippen LogP contribution in [-0.4, -0.2) is 38.2 Å². The Morgan fingerprint density at radius 1 is 1.40 bits per heavy atom. The first-order valence-corrected chi connectivity index (χ1v) is 7.46. The van der Waals surface area contributed by atoms with E-state index in [1.807, 2.05) is 6.07 Å². The molecule has 1 unspecified atom stereocenters. The average Bonchev–Trinajstić information content (AvgIpc) is 2.89. The lowest BCUT2D eigenvalue weighted by molar-refractivity contribution is 0.0968. The van der Waals surface area contributed by atoms with Crippen LogP contribution < -0.4 is 10.1 Å². The van der Waals surface area contributed by atoms with Crippen molar-refractivity contribution < 1.29 is 9.13 Å². The van der Waals surface area contributed by atoms with E-state index >= 15 is 0 Å². The molecule has 110 valence electrons. The van der Waals surface area contributed by atoms with Crippen LogP contribution in [0.4, 0.5) is 4.39 Å². The fourth-order valence-corrected chi connectivity index (χ4v) is 3.63. The normalized spacial score (nSPS) is 27.1. The monoisotopic (exact) mass is 278 g/mol. The Hall–Kier alpha value is -1.13. The minimum absolute atomic E-state index is 0.130. The number of nitrogens with zero attached hydrogens (tertiary/aromatic N) is 1. The number of ether oxygens (including phenoxy) is 1. The molecule has 0 radical (unpaired) electrons. The minimum Gasteiger partial charge on any atom is -0.497 e. The summed E-state index contributed by atoms with van der Waals surface area (Å²) >= 11 is 0. The molecule has 1 N–H and O–H groups in total. The Kier molecular flexibility index (Phi) is 3.94. The molecule has 4 heteroatoms. The number of hydrogen-bond donors (Lipinski definition) is 1. The molecule has 0 aliphatic carbocycles. The first kappa shape index (κ1) is 13.8. The lowest BCUT2D eigenvalue weighted by Gasteiger charge is -2.40. The molecule has 2 aliphatic rings.